The Bertz CT molecular complexity index is 674. The smallest absolute Gasteiger partial charge is 0.225 e. The predicted molar refractivity (Wildman–Crippen MR) is 92.8 cm³/mol. The minimum atomic E-state index is -0.0583. The maximum absolute atomic E-state index is 9.22. The van der Waals surface area contributed by atoms with Crippen molar-refractivity contribution in [2.75, 3.05) is 23.4 Å². The summed E-state index contributed by atoms with van der Waals surface area (Å²) in [5, 5.41) is 12.4. The fourth-order valence-electron chi connectivity index (χ4n) is 2.85. The molecule has 23 heavy (non-hydrogen) atoms. The lowest BCUT2D eigenvalue weighted by atomic mass is 10.00. The molecule has 5 nitrogen and oxygen atoms in total. The minimum absolute atomic E-state index is 0.0583. The van der Waals surface area contributed by atoms with E-state index in [1.54, 1.807) is 0 Å². The lowest BCUT2D eigenvalue weighted by molar-refractivity contribution is 0.281. The number of aliphatic hydroxyl groups is 1. The third-order valence-corrected chi connectivity index (χ3v) is 4.23. The summed E-state index contributed by atoms with van der Waals surface area (Å²) < 4.78 is 0. The number of aryl methyl sites for hydroxylation is 1. The van der Waals surface area contributed by atoms with Crippen LogP contribution in [0.3, 0.4) is 0 Å². The molecule has 0 spiro atoms. The zero-order valence-corrected chi connectivity index (χ0v) is 13.8. The molecule has 0 fully saturated rings. The van der Waals surface area contributed by atoms with E-state index in [1.165, 1.54) is 11.1 Å². The van der Waals surface area contributed by atoms with Crippen LogP contribution in [0.5, 0.6) is 0 Å². The largest absolute Gasteiger partial charge is 0.394 e. The average Bonchev–Trinajstić information content (AvgIpc) is 2.60. The summed E-state index contributed by atoms with van der Waals surface area (Å²) in [6, 6.07) is 10.6. The van der Waals surface area contributed by atoms with Crippen molar-refractivity contribution >= 4 is 11.8 Å². The van der Waals surface area contributed by atoms with Crippen molar-refractivity contribution in [2.24, 2.45) is 0 Å². The number of anilines is 2. The number of nitrogens with zero attached hydrogens (tertiary/aromatic N) is 3. The molecule has 0 aliphatic carbocycles. The number of hydrogen-bond acceptors (Lipinski definition) is 5. The second-order valence-electron chi connectivity index (χ2n) is 6.06. The van der Waals surface area contributed by atoms with Crippen molar-refractivity contribution in [1.29, 1.82) is 0 Å². The SMILES string of the molecule is CCc1cc(N2CCc3ccccc3C2)nc(N[C@@H](C)CO)n1. The number of aliphatic hydroxyl groups excluding tert-OH is 1. The molecule has 1 atom stereocenters. The van der Waals surface area contributed by atoms with Crippen LogP contribution in [0.15, 0.2) is 30.3 Å². The molecule has 0 amide bonds. The Labute approximate surface area is 137 Å². The van der Waals surface area contributed by atoms with E-state index < -0.39 is 0 Å². The molecule has 1 aliphatic heterocycles. The number of rotatable bonds is 5. The Hall–Kier alpha value is -2.14. The Kier molecular flexibility index (Phi) is 4.76. The van der Waals surface area contributed by atoms with Crippen molar-refractivity contribution in [3.63, 3.8) is 0 Å². The van der Waals surface area contributed by atoms with Gasteiger partial charge in [-0.25, -0.2) is 4.98 Å². The average molecular weight is 312 g/mol. The maximum Gasteiger partial charge on any atom is 0.225 e. The highest BCUT2D eigenvalue weighted by molar-refractivity contribution is 5.48. The van der Waals surface area contributed by atoms with E-state index in [1.807, 2.05) is 6.92 Å². The van der Waals surface area contributed by atoms with E-state index in [4.69, 9.17) is 0 Å². The fraction of sp³-hybridized carbons (Fsp3) is 0.444. The van der Waals surface area contributed by atoms with Gasteiger partial charge in [0.05, 0.1) is 6.61 Å². The van der Waals surface area contributed by atoms with E-state index in [2.05, 4.69) is 57.4 Å². The molecule has 1 aromatic heterocycles. The molecular formula is C18H24N4O. The second-order valence-corrected chi connectivity index (χ2v) is 6.06. The lowest BCUT2D eigenvalue weighted by Gasteiger charge is -2.30. The molecular weight excluding hydrogens is 288 g/mol. The van der Waals surface area contributed by atoms with Crippen molar-refractivity contribution in [3.8, 4) is 0 Å². The Morgan fingerprint density at radius 2 is 2.04 bits per heavy atom. The highest BCUT2D eigenvalue weighted by atomic mass is 16.3. The van der Waals surface area contributed by atoms with E-state index >= 15 is 0 Å². The molecule has 1 aromatic carbocycles. The van der Waals surface area contributed by atoms with Gasteiger partial charge in [-0.2, -0.15) is 4.98 Å². The first-order valence-electron chi connectivity index (χ1n) is 8.26. The van der Waals surface area contributed by atoms with Gasteiger partial charge in [-0.1, -0.05) is 31.2 Å². The number of benzene rings is 1. The standard InChI is InChI=1S/C18H24N4O/c1-3-16-10-17(21-18(20-16)19-13(2)12-23)22-9-8-14-6-4-5-7-15(14)11-22/h4-7,10,13,23H,3,8-9,11-12H2,1-2H3,(H,19,20,21)/t13-/m0/s1. The van der Waals surface area contributed by atoms with Crippen LogP contribution < -0.4 is 10.2 Å². The molecule has 3 rings (SSSR count). The third-order valence-electron chi connectivity index (χ3n) is 4.23. The van der Waals surface area contributed by atoms with Gasteiger partial charge >= 0.3 is 0 Å². The van der Waals surface area contributed by atoms with Crippen molar-refractivity contribution in [2.45, 2.75) is 39.3 Å². The zero-order valence-electron chi connectivity index (χ0n) is 13.8. The van der Waals surface area contributed by atoms with Crippen molar-refractivity contribution in [1.82, 2.24) is 9.97 Å². The number of aromatic nitrogens is 2. The topological polar surface area (TPSA) is 61.3 Å². The van der Waals surface area contributed by atoms with Gasteiger partial charge in [-0.05, 0) is 30.9 Å². The van der Waals surface area contributed by atoms with Crippen LogP contribution in [0, 0.1) is 0 Å². The predicted octanol–water partition coefficient (Wildman–Crippen LogP) is 2.39. The summed E-state index contributed by atoms with van der Waals surface area (Å²) in [5.41, 5.74) is 3.82. The first-order valence-corrected chi connectivity index (χ1v) is 8.26. The highest BCUT2D eigenvalue weighted by Gasteiger charge is 2.18. The van der Waals surface area contributed by atoms with Crippen LogP contribution in [0.25, 0.3) is 0 Å². The van der Waals surface area contributed by atoms with Crippen molar-refractivity contribution in [3.05, 3.63) is 47.2 Å². The third kappa shape index (κ3) is 3.62. The van der Waals surface area contributed by atoms with Crippen LogP contribution >= 0.6 is 0 Å². The summed E-state index contributed by atoms with van der Waals surface area (Å²) >= 11 is 0. The molecule has 5 heteroatoms. The Balaban J connectivity index is 1.86. The van der Waals surface area contributed by atoms with Crippen LogP contribution in [0.4, 0.5) is 11.8 Å². The van der Waals surface area contributed by atoms with Crippen molar-refractivity contribution < 1.29 is 5.11 Å². The normalized spacial score (nSPS) is 15.2. The molecule has 1 aliphatic rings. The van der Waals surface area contributed by atoms with E-state index in [0.717, 1.165) is 37.4 Å². The van der Waals surface area contributed by atoms with Gasteiger partial charge in [0.1, 0.15) is 5.82 Å². The van der Waals surface area contributed by atoms with Gasteiger partial charge in [0.25, 0.3) is 0 Å². The van der Waals surface area contributed by atoms with Crippen LogP contribution in [0.1, 0.15) is 30.7 Å². The highest BCUT2D eigenvalue weighted by Crippen LogP contribution is 2.24. The zero-order chi connectivity index (χ0) is 16.2. The van der Waals surface area contributed by atoms with Crippen LogP contribution in [-0.2, 0) is 19.4 Å². The van der Waals surface area contributed by atoms with E-state index in [0.29, 0.717) is 5.95 Å². The number of fused-ring (bicyclic) bond motifs is 1. The van der Waals surface area contributed by atoms with Gasteiger partial charge in [0.15, 0.2) is 0 Å². The van der Waals surface area contributed by atoms with Crippen LogP contribution in [-0.4, -0.2) is 34.3 Å². The van der Waals surface area contributed by atoms with Gasteiger partial charge in [-0.15, -0.1) is 0 Å². The molecule has 0 unspecified atom stereocenters. The molecule has 2 aromatic rings. The monoisotopic (exact) mass is 312 g/mol. The molecule has 2 heterocycles. The lowest BCUT2D eigenvalue weighted by Crippen LogP contribution is -2.31. The number of hydrogen-bond donors (Lipinski definition) is 2. The van der Waals surface area contributed by atoms with E-state index in [9.17, 15) is 5.11 Å². The molecule has 0 saturated heterocycles. The first kappa shape index (κ1) is 15.7. The van der Waals surface area contributed by atoms with Gasteiger partial charge in [-0.3, -0.25) is 0 Å². The molecule has 0 bridgehead atoms. The Morgan fingerprint density at radius 3 is 2.78 bits per heavy atom. The number of nitrogens with one attached hydrogen (secondary N) is 1. The molecule has 0 radical (unpaired) electrons. The summed E-state index contributed by atoms with van der Waals surface area (Å²) in [4.78, 5) is 11.5. The molecule has 0 saturated carbocycles. The quantitative estimate of drug-likeness (QED) is 0.888. The van der Waals surface area contributed by atoms with E-state index in [-0.39, 0.29) is 12.6 Å². The Morgan fingerprint density at radius 1 is 1.26 bits per heavy atom. The summed E-state index contributed by atoms with van der Waals surface area (Å²) in [7, 11) is 0. The van der Waals surface area contributed by atoms with Gasteiger partial charge < -0.3 is 15.3 Å². The first-order chi connectivity index (χ1) is 11.2. The second kappa shape index (κ2) is 6.96. The summed E-state index contributed by atoms with van der Waals surface area (Å²) in [6.07, 6.45) is 1.90. The molecule has 122 valence electrons. The minimum Gasteiger partial charge on any atom is -0.394 e. The summed E-state index contributed by atoms with van der Waals surface area (Å²) in [6.45, 7) is 5.92. The fourth-order valence-corrected chi connectivity index (χ4v) is 2.85. The maximum atomic E-state index is 9.22. The van der Waals surface area contributed by atoms with Crippen LogP contribution in [0.2, 0.25) is 0 Å². The molecule has 2 N–H and O–H groups in total. The van der Waals surface area contributed by atoms with Gasteiger partial charge in [0, 0.05) is 30.9 Å². The van der Waals surface area contributed by atoms with Gasteiger partial charge in [0.2, 0.25) is 5.95 Å². The summed E-state index contributed by atoms with van der Waals surface area (Å²) in [5.74, 6) is 1.55.